The fourth-order valence-corrected chi connectivity index (χ4v) is 6.24. The lowest BCUT2D eigenvalue weighted by Crippen LogP contribution is -2.47. The summed E-state index contributed by atoms with van der Waals surface area (Å²) in [6, 6.07) is -1.38. The average Bonchev–Trinajstić information content (AvgIpc) is 3.11. The van der Waals surface area contributed by atoms with Gasteiger partial charge in [0.25, 0.3) is 0 Å². The van der Waals surface area contributed by atoms with Gasteiger partial charge in [-0.25, -0.2) is 4.79 Å². The Morgan fingerprint density at radius 3 is 1.47 bits per heavy atom. The molecule has 0 rings (SSSR count). The summed E-state index contributed by atoms with van der Waals surface area (Å²) in [6.45, 7) is 3.46. The van der Waals surface area contributed by atoms with Gasteiger partial charge in [0.15, 0.2) is 0 Å². The van der Waals surface area contributed by atoms with E-state index in [1.54, 1.807) is 0 Å². The molecule has 2 unspecified atom stereocenters. The van der Waals surface area contributed by atoms with Crippen molar-refractivity contribution >= 4 is 23.8 Å². The molecule has 9 nitrogen and oxygen atoms in total. The fourth-order valence-electron chi connectivity index (χ4n) is 6.24. The van der Waals surface area contributed by atoms with E-state index in [-0.39, 0.29) is 24.5 Å². The molecule has 0 aromatic carbocycles. The average molecular weight is 723 g/mol. The monoisotopic (exact) mass is 723 g/mol. The van der Waals surface area contributed by atoms with E-state index < -0.39 is 24.5 Å². The number of hydrogen-bond donors (Lipinski definition) is 4. The third kappa shape index (κ3) is 34.4. The second kappa shape index (κ2) is 37.3. The molecule has 0 spiro atoms. The van der Waals surface area contributed by atoms with Crippen LogP contribution in [0.1, 0.15) is 206 Å². The van der Waals surface area contributed by atoms with Gasteiger partial charge in [-0.1, -0.05) is 142 Å². The molecule has 0 saturated heterocycles. The van der Waals surface area contributed by atoms with Crippen LogP contribution in [0, 0.1) is 0 Å². The van der Waals surface area contributed by atoms with E-state index >= 15 is 0 Å². The van der Waals surface area contributed by atoms with E-state index in [0.29, 0.717) is 19.3 Å². The first-order valence-corrected chi connectivity index (χ1v) is 21.1. The molecule has 0 radical (unpaired) electrons. The zero-order valence-corrected chi connectivity index (χ0v) is 32.9. The van der Waals surface area contributed by atoms with Crippen LogP contribution in [0.4, 0.5) is 0 Å². The summed E-state index contributed by atoms with van der Waals surface area (Å²) in [5.41, 5.74) is 0. The predicted molar refractivity (Wildman–Crippen MR) is 209 cm³/mol. The van der Waals surface area contributed by atoms with Gasteiger partial charge < -0.3 is 25.6 Å². The molecule has 51 heavy (non-hydrogen) atoms. The molecule has 0 aliphatic carbocycles. The summed E-state index contributed by atoms with van der Waals surface area (Å²) in [4.78, 5) is 47.4. The molecule has 9 heteroatoms. The lowest BCUT2D eigenvalue weighted by atomic mass is 10.0. The van der Waals surface area contributed by atoms with Crippen LogP contribution in [0.3, 0.4) is 0 Å². The molecule has 0 saturated carbocycles. The molecule has 298 valence electrons. The van der Waals surface area contributed by atoms with Crippen molar-refractivity contribution in [1.29, 1.82) is 0 Å². The number of carbonyl (C=O) groups excluding carboxylic acids is 3. The smallest absolute Gasteiger partial charge is 0.328 e. The lowest BCUT2D eigenvalue weighted by molar-refractivity contribution is -0.150. The highest BCUT2D eigenvalue weighted by molar-refractivity contribution is 5.87. The van der Waals surface area contributed by atoms with E-state index in [4.69, 9.17) is 14.9 Å². The Morgan fingerprint density at radius 2 is 1.00 bits per heavy atom. The quantitative estimate of drug-likeness (QED) is 0.0282. The molecule has 0 aromatic heterocycles. The van der Waals surface area contributed by atoms with Crippen LogP contribution in [0.25, 0.3) is 0 Å². The highest BCUT2D eigenvalue weighted by Gasteiger charge is 2.19. The Labute approximate surface area is 311 Å². The maximum absolute atomic E-state index is 12.7. The highest BCUT2D eigenvalue weighted by atomic mass is 16.5. The molecule has 0 aromatic rings. The molecule has 2 atom stereocenters. The molecule has 0 aliphatic rings. The summed E-state index contributed by atoms with van der Waals surface area (Å²) in [7, 11) is 0. The number of carboxylic acids is 1. The number of hydrogen-bond acceptors (Lipinski definition) is 6. The second-order valence-corrected chi connectivity index (χ2v) is 14.4. The van der Waals surface area contributed by atoms with Crippen molar-refractivity contribution in [2.45, 2.75) is 219 Å². The number of allylic oxidation sites excluding steroid dienone is 2. The number of carboxylic acid groups (broad SMARTS) is 1. The predicted octanol–water partition coefficient (Wildman–Crippen LogP) is 9.88. The topological polar surface area (TPSA) is 142 Å². The van der Waals surface area contributed by atoms with Crippen LogP contribution in [-0.4, -0.2) is 59.3 Å². The first-order chi connectivity index (χ1) is 24.8. The summed E-state index contributed by atoms with van der Waals surface area (Å²) in [6.07, 6.45) is 38.2. The number of aliphatic hydroxyl groups is 1. The Balaban J connectivity index is 4.08. The summed E-state index contributed by atoms with van der Waals surface area (Å²) < 4.78 is 5.98. The molecule has 2 amide bonds. The van der Waals surface area contributed by atoms with Crippen LogP contribution in [0.15, 0.2) is 12.2 Å². The van der Waals surface area contributed by atoms with E-state index in [1.807, 2.05) is 0 Å². The number of amides is 2. The number of esters is 1. The molecule has 0 heterocycles. The summed E-state index contributed by atoms with van der Waals surface area (Å²) in [5.74, 6) is -2.29. The minimum absolute atomic E-state index is 0.00741. The van der Waals surface area contributed by atoms with E-state index in [2.05, 4.69) is 36.6 Å². The molecule has 0 fully saturated rings. The van der Waals surface area contributed by atoms with Gasteiger partial charge in [-0.3, -0.25) is 14.4 Å². The Kier molecular flexibility index (Phi) is 35.6. The SMILES string of the molecule is CCCCCCCC/C=C\CCCCCCCCCC(=O)OC(CCCCCCCC)CCCCCCCC(=O)NCC(=O)NC(CO)C(=O)O. The van der Waals surface area contributed by atoms with Gasteiger partial charge >= 0.3 is 11.9 Å². The molecule has 0 bridgehead atoms. The molecular weight excluding hydrogens is 644 g/mol. The standard InChI is InChI=1S/C42H78N2O7/c1-3-5-7-9-11-12-13-14-15-16-17-18-19-20-21-26-30-34-41(48)51-37(31-27-23-10-8-6-4-2)32-28-24-22-25-29-33-39(46)43-35-40(47)44-38(36-45)42(49)50/h14-15,37-38,45H,3-13,16-36H2,1-2H3,(H,43,46)(H,44,47)(H,49,50)/b15-14-. The third-order valence-electron chi connectivity index (χ3n) is 9.51. The van der Waals surface area contributed by atoms with Gasteiger partial charge in [-0.2, -0.15) is 0 Å². The second-order valence-electron chi connectivity index (χ2n) is 14.4. The third-order valence-corrected chi connectivity index (χ3v) is 9.51. The lowest BCUT2D eigenvalue weighted by Gasteiger charge is -2.18. The van der Waals surface area contributed by atoms with Crippen molar-refractivity contribution in [2.24, 2.45) is 0 Å². The van der Waals surface area contributed by atoms with Crippen molar-refractivity contribution in [3.63, 3.8) is 0 Å². The number of aliphatic hydroxyl groups excluding tert-OH is 1. The summed E-state index contributed by atoms with van der Waals surface area (Å²) >= 11 is 0. The first-order valence-electron chi connectivity index (χ1n) is 21.1. The van der Waals surface area contributed by atoms with Gasteiger partial charge in [-0.05, 0) is 64.2 Å². The van der Waals surface area contributed by atoms with E-state index in [1.165, 1.54) is 116 Å². The van der Waals surface area contributed by atoms with E-state index in [9.17, 15) is 19.2 Å². The van der Waals surface area contributed by atoms with Crippen LogP contribution in [0.2, 0.25) is 0 Å². The van der Waals surface area contributed by atoms with Crippen molar-refractivity contribution in [2.75, 3.05) is 13.2 Å². The van der Waals surface area contributed by atoms with Crippen molar-refractivity contribution in [3.05, 3.63) is 12.2 Å². The van der Waals surface area contributed by atoms with Crippen LogP contribution >= 0.6 is 0 Å². The molecular formula is C42H78N2O7. The molecule has 0 aliphatic heterocycles. The minimum Gasteiger partial charge on any atom is -0.480 e. The first kappa shape index (κ1) is 48.6. The van der Waals surface area contributed by atoms with Crippen LogP contribution < -0.4 is 10.6 Å². The minimum atomic E-state index is -1.38. The maximum Gasteiger partial charge on any atom is 0.328 e. The number of ether oxygens (including phenoxy) is 1. The van der Waals surface area contributed by atoms with Crippen molar-refractivity contribution in [1.82, 2.24) is 10.6 Å². The Morgan fingerprint density at radius 1 is 0.569 bits per heavy atom. The summed E-state index contributed by atoms with van der Waals surface area (Å²) in [5, 5.41) is 22.5. The highest BCUT2D eigenvalue weighted by Crippen LogP contribution is 2.18. The van der Waals surface area contributed by atoms with Gasteiger partial charge in [0.2, 0.25) is 11.8 Å². The number of aliphatic carboxylic acids is 1. The largest absolute Gasteiger partial charge is 0.480 e. The number of nitrogens with one attached hydrogen (secondary N) is 2. The van der Waals surface area contributed by atoms with Crippen molar-refractivity contribution in [3.8, 4) is 0 Å². The van der Waals surface area contributed by atoms with Crippen molar-refractivity contribution < 1.29 is 34.1 Å². The van der Waals surface area contributed by atoms with Gasteiger partial charge in [0.05, 0.1) is 13.2 Å². The van der Waals surface area contributed by atoms with Gasteiger partial charge in [0, 0.05) is 12.8 Å². The molecule has 4 N–H and O–H groups in total. The number of unbranched alkanes of at least 4 members (excludes halogenated alkanes) is 22. The number of carbonyl (C=O) groups is 4. The Bertz CT molecular complexity index is 879. The van der Waals surface area contributed by atoms with E-state index in [0.717, 1.165) is 57.8 Å². The van der Waals surface area contributed by atoms with Crippen LogP contribution in [-0.2, 0) is 23.9 Å². The normalized spacial score (nSPS) is 12.5. The zero-order valence-electron chi connectivity index (χ0n) is 32.9. The maximum atomic E-state index is 12.7. The Hall–Kier alpha value is -2.42. The number of rotatable bonds is 38. The van der Waals surface area contributed by atoms with Gasteiger partial charge in [0.1, 0.15) is 12.1 Å². The zero-order chi connectivity index (χ0) is 37.6. The fraction of sp³-hybridized carbons (Fsp3) is 0.857. The van der Waals surface area contributed by atoms with Crippen LogP contribution in [0.5, 0.6) is 0 Å². The van der Waals surface area contributed by atoms with Gasteiger partial charge in [-0.15, -0.1) is 0 Å².